The molecule has 1 aromatic heterocycles. The van der Waals surface area contributed by atoms with Gasteiger partial charge >= 0.3 is 0 Å². The Morgan fingerprint density at radius 2 is 2.39 bits per heavy atom. The Labute approximate surface area is 145 Å². The van der Waals surface area contributed by atoms with Gasteiger partial charge in [-0.15, -0.1) is 0 Å². The number of carbonyl (C=O) groups excluding carboxylic acids is 1. The van der Waals surface area contributed by atoms with Gasteiger partial charge in [0.2, 0.25) is 11.9 Å². The largest absolute Gasteiger partial charge is 0.356 e. The Bertz CT molecular complexity index is 684. The Morgan fingerprint density at radius 3 is 3.22 bits per heavy atom. The topological polar surface area (TPSA) is 61.0 Å². The molecule has 6 heteroatoms. The van der Waals surface area contributed by atoms with E-state index in [9.17, 15) is 4.79 Å². The number of anilines is 1. The molecule has 2 aromatic rings. The lowest BCUT2D eigenvalue weighted by Crippen LogP contribution is -2.43. The molecule has 1 fully saturated rings. The zero-order valence-electron chi connectivity index (χ0n) is 13.4. The first-order chi connectivity index (χ1) is 11.2. The molecular formula is C17H23BrN4O. The van der Waals surface area contributed by atoms with Crippen LogP contribution in [0.15, 0.2) is 22.7 Å². The summed E-state index contributed by atoms with van der Waals surface area (Å²) in [6, 6.07) is 6.02. The highest BCUT2D eigenvalue weighted by Crippen LogP contribution is 2.25. The minimum Gasteiger partial charge on any atom is -0.356 e. The molecule has 0 spiro atoms. The van der Waals surface area contributed by atoms with Crippen molar-refractivity contribution >= 4 is 38.8 Å². The summed E-state index contributed by atoms with van der Waals surface area (Å²) in [6.07, 6.45) is 4.12. The first-order valence-electron chi connectivity index (χ1n) is 8.35. The molecule has 124 valence electrons. The number of nitrogens with zero attached hydrogens (tertiary/aromatic N) is 2. The Kier molecular flexibility index (Phi) is 5.20. The van der Waals surface area contributed by atoms with Gasteiger partial charge in [0.1, 0.15) is 0 Å². The van der Waals surface area contributed by atoms with Crippen molar-refractivity contribution in [1.29, 1.82) is 0 Å². The summed E-state index contributed by atoms with van der Waals surface area (Å²) < 4.78 is 1.03. The lowest BCUT2D eigenvalue weighted by atomic mass is 9.97. The molecule has 0 saturated carbocycles. The van der Waals surface area contributed by atoms with Gasteiger partial charge in [-0.1, -0.05) is 29.3 Å². The number of hydrogen-bond acceptors (Lipinski definition) is 3. The van der Waals surface area contributed by atoms with Crippen LogP contribution in [-0.4, -0.2) is 35.5 Å². The fourth-order valence-corrected chi connectivity index (χ4v) is 3.40. The Morgan fingerprint density at radius 1 is 1.52 bits per heavy atom. The second-order valence-corrected chi connectivity index (χ2v) is 7.07. The van der Waals surface area contributed by atoms with E-state index in [1.165, 1.54) is 0 Å². The second-order valence-electron chi connectivity index (χ2n) is 6.15. The van der Waals surface area contributed by atoms with Crippen molar-refractivity contribution in [1.82, 2.24) is 15.3 Å². The number of rotatable bonds is 5. The van der Waals surface area contributed by atoms with Crippen LogP contribution in [0.3, 0.4) is 0 Å². The van der Waals surface area contributed by atoms with E-state index in [4.69, 9.17) is 0 Å². The molecule has 0 bridgehead atoms. The van der Waals surface area contributed by atoms with E-state index in [-0.39, 0.29) is 11.8 Å². The number of aromatic amines is 1. The van der Waals surface area contributed by atoms with Crippen LogP contribution in [0.1, 0.15) is 32.6 Å². The van der Waals surface area contributed by atoms with Crippen LogP contribution in [0.25, 0.3) is 11.0 Å². The predicted molar refractivity (Wildman–Crippen MR) is 96.6 cm³/mol. The van der Waals surface area contributed by atoms with Gasteiger partial charge in [-0.05, 0) is 37.5 Å². The van der Waals surface area contributed by atoms with E-state index in [0.717, 1.165) is 66.8 Å². The molecule has 0 aliphatic carbocycles. The van der Waals surface area contributed by atoms with Gasteiger partial charge in [-0.3, -0.25) is 4.79 Å². The number of piperidine rings is 1. The Balaban J connectivity index is 1.68. The molecule has 23 heavy (non-hydrogen) atoms. The maximum atomic E-state index is 12.3. The highest BCUT2D eigenvalue weighted by molar-refractivity contribution is 9.10. The fraction of sp³-hybridized carbons (Fsp3) is 0.529. The Hall–Kier alpha value is -1.56. The van der Waals surface area contributed by atoms with Gasteiger partial charge in [0.15, 0.2) is 0 Å². The van der Waals surface area contributed by atoms with Gasteiger partial charge in [0.25, 0.3) is 0 Å². The van der Waals surface area contributed by atoms with Crippen molar-refractivity contribution in [2.24, 2.45) is 5.92 Å². The number of benzene rings is 1. The van der Waals surface area contributed by atoms with E-state index in [1.807, 2.05) is 18.2 Å². The first kappa shape index (κ1) is 16.3. The molecule has 2 N–H and O–H groups in total. The molecule has 0 radical (unpaired) electrons. The van der Waals surface area contributed by atoms with Crippen molar-refractivity contribution in [2.45, 2.75) is 32.6 Å². The normalized spacial score (nSPS) is 18.3. The van der Waals surface area contributed by atoms with E-state index < -0.39 is 0 Å². The first-order valence-corrected chi connectivity index (χ1v) is 9.14. The predicted octanol–water partition coefficient (Wildman–Crippen LogP) is 3.46. The van der Waals surface area contributed by atoms with Gasteiger partial charge < -0.3 is 15.2 Å². The van der Waals surface area contributed by atoms with E-state index in [1.54, 1.807) is 0 Å². The second kappa shape index (κ2) is 7.34. The molecule has 1 aromatic carbocycles. The lowest BCUT2D eigenvalue weighted by molar-refractivity contribution is -0.125. The highest BCUT2D eigenvalue weighted by atomic mass is 79.9. The summed E-state index contributed by atoms with van der Waals surface area (Å²) in [4.78, 5) is 22.5. The summed E-state index contributed by atoms with van der Waals surface area (Å²) in [5, 5.41) is 3.06. The van der Waals surface area contributed by atoms with E-state index in [2.05, 4.69) is 43.0 Å². The number of H-pyrrole nitrogens is 1. The molecule has 1 aliphatic rings. The minimum absolute atomic E-state index is 0.0561. The van der Waals surface area contributed by atoms with Crippen molar-refractivity contribution < 1.29 is 4.79 Å². The lowest BCUT2D eigenvalue weighted by Gasteiger charge is -2.31. The number of fused-ring (bicyclic) bond motifs is 1. The van der Waals surface area contributed by atoms with E-state index >= 15 is 0 Å². The maximum Gasteiger partial charge on any atom is 0.224 e. The zero-order valence-corrected chi connectivity index (χ0v) is 15.0. The van der Waals surface area contributed by atoms with Crippen LogP contribution in [0.2, 0.25) is 0 Å². The monoisotopic (exact) mass is 378 g/mol. The molecule has 1 saturated heterocycles. The van der Waals surface area contributed by atoms with Crippen molar-refractivity contribution in [3.05, 3.63) is 22.7 Å². The standard InChI is InChI=1S/C17H23BrN4O/c1-2-3-8-19-16(23)12-5-4-9-22(11-12)17-20-14-7-6-13(18)10-15(14)21-17/h6-7,10,12H,2-5,8-9,11H2,1H3,(H,19,23)(H,20,21). The van der Waals surface area contributed by atoms with Gasteiger partial charge in [-0.25, -0.2) is 4.98 Å². The quantitative estimate of drug-likeness (QED) is 0.783. The van der Waals surface area contributed by atoms with E-state index in [0.29, 0.717) is 0 Å². The molecule has 1 aliphatic heterocycles. The molecule has 1 atom stereocenters. The number of halogens is 1. The number of hydrogen-bond donors (Lipinski definition) is 2. The van der Waals surface area contributed by atoms with Gasteiger partial charge in [0, 0.05) is 24.1 Å². The summed E-state index contributed by atoms with van der Waals surface area (Å²) in [5.41, 5.74) is 1.97. The van der Waals surface area contributed by atoms with Gasteiger partial charge in [-0.2, -0.15) is 0 Å². The van der Waals surface area contributed by atoms with Crippen molar-refractivity contribution in [2.75, 3.05) is 24.5 Å². The number of unbranched alkanes of at least 4 members (excludes halogenated alkanes) is 1. The number of aromatic nitrogens is 2. The van der Waals surface area contributed by atoms with Crippen LogP contribution in [0.4, 0.5) is 5.95 Å². The smallest absolute Gasteiger partial charge is 0.224 e. The molecule has 3 rings (SSSR count). The molecule has 2 heterocycles. The summed E-state index contributed by atoms with van der Waals surface area (Å²) in [7, 11) is 0. The molecule has 1 amide bonds. The number of amides is 1. The van der Waals surface area contributed by atoms with Crippen LogP contribution in [0.5, 0.6) is 0 Å². The number of carbonyl (C=O) groups is 1. The fourth-order valence-electron chi connectivity index (χ4n) is 3.03. The summed E-state index contributed by atoms with van der Waals surface area (Å²) in [5.74, 6) is 1.10. The van der Waals surface area contributed by atoms with Crippen LogP contribution in [0, 0.1) is 5.92 Å². The molecule has 5 nitrogen and oxygen atoms in total. The average molecular weight is 379 g/mol. The van der Waals surface area contributed by atoms with Crippen LogP contribution >= 0.6 is 15.9 Å². The molecule has 1 unspecified atom stereocenters. The minimum atomic E-state index is 0.0561. The third-order valence-electron chi connectivity index (χ3n) is 4.35. The SMILES string of the molecule is CCCCNC(=O)C1CCCN(c2nc3ccc(Br)cc3[nH]2)C1. The average Bonchev–Trinajstić information content (AvgIpc) is 2.98. The van der Waals surface area contributed by atoms with Crippen LogP contribution in [-0.2, 0) is 4.79 Å². The maximum absolute atomic E-state index is 12.3. The molecular weight excluding hydrogens is 356 g/mol. The summed E-state index contributed by atoms with van der Waals surface area (Å²) >= 11 is 3.48. The third-order valence-corrected chi connectivity index (χ3v) is 4.85. The van der Waals surface area contributed by atoms with Gasteiger partial charge in [0.05, 0.1) is 17.0 Å². The highest BCUT2D eigenvalue weighted by Gasteiger charge is 2.27. The summed E-state index contributed by atoms with van der Waals surface area (Å²) in [6.45, 7) is 4.59. The number of imidazole rings is 1. The van der Waals surface area contributed by atoms with Crippen molar-refractivity contribution in [3.63, 3.8) is 0 Å². The van der Waals surface area contributed by atoms with Crippen molar-refractivity contribution in [3.8, 4) is 0 Å². The number of nitrogens with one attached hydrogen (secondary N) is 2. The third kappa shape index (κ3) is 3.86. The van der Waals surface area contributed by atoms with Crippen LogP contribution < -0.4 is 10.2 Å². The zero-order chi connectivity index (χ0) is 16.2.